The Kier molecular flexibility index (Phi) is 7.22. The fourth-order valence-electron chi connectivity index (χ4n) is 2.23. The van der Waals surface area contributed by atoms with Crippen LogP contribution in [0.15, 0.2) is 42.5 Å². The number of nitro benzene ring substituents is 1. The largest absolute Gasteiger partial charge is 0.482 e. The second-order valence-electron chi connectivity index (χ2n) is 6.04. The first-order valence-corrected chi connectivity index (χ1v) is 8.69. The molecule has 0 fully saturated rings. The lowest BCUT2D eigenvalue weighted by Crippen LogP contribution is -2.41. The quantitative estimate of drug-likeness (QED) is 0.495. The van der Waals surface area contributed by atoms with Gasteiger partial charge in [0.25, 0.3) is 11.6 Å². The van der Waals surface area contributed by atoms with Crippen LogP contribution in [0.5, 0.6) is 5.75 Å². The monoisotopic (exact) mass is 445 g/mol. The molecule has 160 valence electrons. The third-order valence-electron chi connectivity index (χ3n) is 3.65. The number of nitrogens with one attached hydrogen (secondary N) is 2. The number of nitrogens with zero attached hydrogens (tertiary/aromatic N) is 1. The van der Waals surface area contributed by atoms with Gasteiger partial charge in [-0.25, -0.2) is 0 Å². The highest BCUT2D eigenvalue weighted by Crippen LogP contribution is 2.29. The number of non-ortho nitro benzene ring substituents is 1. The molecule has 2 amide bonds. The zero-order valence-corrected chi connectivity index (χ0v) is 16.1. The van der Waals surface area contributed by atoms with Crippen LogP contribution in [0.3, 0.4) is 0 Å². The van der Waals surface area contributed by atoms with Crippen LogP contribution in [0.25, 0.3) is 0 Å². The third kappa shape index (κ3) is 6.62. The van der Waals surface area contributed by atoms with Crippen LogP contribution < -0.4 is 15.4 Å². The zero-order chi connectivity index (χ0) is 22.5. The summed E-state index contributed by atoms with van der Waals surface area (Å²) in [4.78, 5) is 34.7. The van der Waals surface area contributed by atoms with Gasteiger partial charge in [0.2, 0.25) is 5.91 Å². The molecule has 0 aliphatic heterocycles. The van der Waals surface area contributed by atoms with E-state index in [0.29, 0.717) is 0 Å². The number of hydrogen-bond donors (Lipinski definition) is 2. The molecule has 0 aromatic heterocycles. The Bertz CT molecular complexity index is 968. The Labute approximate surface area is 173 Å². The van der Waals surface area contributed by atoms with E-state index in [1.165, 1.54) is 37.3 Å². The first kappa shape index (κ1) is 22.9. The number of carbonyl (C=O) groups is 2. The van der Waals surface area contributed by atoms with Crippen molar-refractivity contribution in [3.8, 4) is 5.75 Å². The van der Waals surface area contributed by atoms with Gasteiger partial charge in [0.05, 0.1) is 10.6 Å². The maximum absolute atomic E-state index is 12.4. The second kappa shape index (κ2) is 9.44. The molecule has 0 heterocycles. The molecule has 1 atom stereocenters. The highest BCUT2D eigenvalue weighted by molar-refractivity contribution is 6.31. The Hall–Kier alpha value is -3.34. The van der Waals surface area contributed by atoms with Gasteiger partial charge < -0.3 is 15.4 Å². The topological polar surface area (TPSA) is 111 Å². The normalized spacial score (nSPS) is 12.0. The van der Waals surface area contributed by atoms with Crippen molar-refractivity contribution in [1.29, 1.82) is 0 Å². The fourth-order valence-corrected chi connectivity index (χ4v) is 2.40. The minimum Gasteiger partial charge on any atom is -0.482 e. The van der Waals surface area contributed by atoms with E-state index in [0.717, 1.165) is 12.1 Å². The number of halogens is 4. The second-order valence-corrected chi connectivity index (χ2v) is 6.47. The number of amides is 2. The highest BCUT2D eigenvalue weighted by Gasteiger charge is 2.29. The molecule has 8 nitrogen and oxygen atoms in total. The molecule has 0 saturated carbocycles. The smallest absolute Gasteiger partial charge is 0.422 e. The lowest BCUT2D eigenvalue weighted by molar-refractivity contribution is -0.384. The first-order valence-electron chi connectivity index (χ1n) is 8.31. The molecule has 2 N–H and O–H groups in total. The number of benzene rings is 2. The summed E-state index contributed by atoms with van der Waals surface area (Å²) in [6.07, 6.45) is -4.58. The van der Waals surface area contributed by atoms with Crippen LogP contribution in [0.1, 0.15) is 17.3 Å². The molecule has 1 unspecified atom stereocenters. The molecule has 2 rings (SSSR count). The SMILES string of the molecule is CC(NC(=O)c1cccc([N+](=O)[O-])c1)C(=O)Nc1cc(Cl)ccc1OCC(F)(F)F. The predicted molar refractivity (Wildman–Crippen MR) is 102 cm³/mol. The van der Waals surface area contributed by atoms with Gasteiger partial charge in [0.15, 0.2) is 6.61 Å². The van der Waals surface area contributed by atoms with E-state index < -0.39 is 35.6 Å². The van der Waals surface area contributed by atoms with Crippen molar-refractivity contribution in [1.82, 2.24) is 5.32 Å². The molecule has 0 radical (unpaired) electrons. The van der Waals surface area contributed by atoms with Crippen LogP contribution in [0.4, 0.5) is 24.5 Å². The summed E-state index contributed by atoms with van der Waals surface area (Å²) in [5.41, 5.74) is -0.459. The van der Waals surface area contributed by atoms with Crippen molar-refractivity contribution in [2.45, 2.75) is 19.1 Å². The third-order valence-corrected chi connectivity index (χ3v) is 3.89. The molecule has 0 bridgehead atoms. The molecule has 0 spiro atoms. The number of hydrogen-bond acceptors (Lipinski definition) is 5. The molecule has 0 aliphatic carbocycles. The van der Waals surface area contributed by atoms with E-state index in [-0.39, 0.29) is 27.7 Å². The average molecular weight is 446 g/mol. The van der Waals surface area contributed by atoms with Crippen molar-refractivity contribution in [2.75, 3.05) is 11.9 Å². The predicted octanol–water partition coefficient (Wildman–Crippen LogP) is 3.95. The lowest BCUT2D eigenvalue weighted by atomic mass is 10.1. The van der Waals surface area contributed by atoms with E-state index in [9.17, 15) is 32.9 Å². The van der Waals surface area contributed by atoms with E-state index in [1.807, 2.05) is 0 Å². The van der Waals surface area contributed by atoms with Crippen molar-refractivity contribution in [3.63, 3.8) is 0 Å². The number of ether oxygens (including phenoxy) is 1. The Balaban J connectivity index is 2.08. The van der Waals surface area contributed by atoms with E-state index in [2.05, 4.69) is 15.4 Å². The van der Waals surface area contributed by atoms with Crippen LogP contribution in [0.2, 0.25) is 5.02 Å². The van der Waals surface area contributed by atoms with Gasteiger partial charge in [-0.15, -0.1) is 0 Å². The zero-order valence-electron chi connectivity index (χ0n) is 15.3. The van der Waals surface area contributed by atoms with Crippen LogP contribution in [-0.4, -0.2) is 35.6 Å². The van der Waals surface area contributed by atoms with Crippen LogP contribution in [-0.2, 0) is 4.79 Å². The number of nitro groups is 1. The standard InChI is InChI=1S/C18H15ClF3N3O5/c1-10(23-17(27)11-3-2-4-13(7-11)25(28)29)16(26)24-14-8-12(19)5-6-15(14)30-9-18(20,21)22/h2-8,10H,9H2,1H3,(H,23,27)(H,24,26). The molecule has 2 aromatic carbocycles. The number of carbonyl (C=O) groups excluding carboxylic acids is 2. The average Bonchev–Trinajstić information content (AvgIpc) is 2.66. The number of anilines is 1. The van der Waals surface area contributed by atoms with Crippen LogP contribution in [0, 0.1) is 10.1 Å². The Morgan fingerprint density at radius 3 is 2.57 bits per heavy atom. The highest BCUT2D eigenvalue weighted by atomic mass is 35.5. The molecule has 12 heteroatoms. The maximum atomic E-state index is 12.4. The van der Waals surface area contributed by atoms with E-state index in [1.54, 1.807) is 0 Å². The molecular formula is C18H15ClF3N3O5. The maximum Gasteiger partial charge on any atom is 0.422 e. The van der Waals surface area contributed by atoms with Gasteiger partial charge in [-0.3, -0.25) is 19.7 Å². The summed E-state index contributed by atoms with van der Waals surface area (Å²) < 4.78 is 41.9. The fraction of sp³-hybridized carbons (Fsp3) is 0.222. The molecular weight excluding hydrogens is 431 g/mol. The van der Waals surface area contributed by atoms with Crippen molar-refractivity contribution < 1.29 is 32.4 Å². The van der Waals surface area contributed by atoms with Crippen molar-refractivity contribution in [3.05, 3.63) is 63.2 Å². The van der Waals surface area contributed by atoms with E-state index >= 15 is 0 Å². The first-order chi connectivity index (χ1) is 14.0. The number of rotatable bonds is 7. The Morgan fingerprint density at radius 2 is 1.93 bits per heavy atom. The van der Waals surface area contributed by atoms with Crippen molar-refractivity contribution >= 4 is 34.8 Å². The van der Waals surface area contributed by atoms with Gasteiger partial charge in [0, 0.05) is 22.7 Å². The summed E-state index contributed by atoms with van der Waals surface area (Å²) in [6.45, 7) is -0.248. The summed E-state index contributed by atoms with van der Waals surface area (Å²) >= 11 is 5.82. The minimum absolute atomic E-state index is 0.0409. The van der Waals surface area contributed by atoms with Gasteiger partial charge in [-0.05, 0) is 31.2 Å². The van der Waals surface area contributed by atoms with Gasteiger partial charge in [-0.1, -0.05) is 17.7 Å². The van der Waals surface area contributed by atoms with Crippen molar-refractivity contribution in [2.24, 2.45) is 0 Å². The summed E-state index contributed by atoms with van der Waals surface area (Å²) in [6, 6.07) is 7.40. The van der Waals surface area contributed by atoms with Gasteiger partial charge >= 0.3 is 6.18 Å². The summed E-state index contributed by atoms with van der Waals surface area (Å²) in [5, 5.41) is 15.6. The lowest BCUT2D eigenvalue weighted by Gasteiger charge is -2.17. The Morgan fingerprint density at radius 1 is 1.23 bits per heavy atom. The molecule has 0 saturated heterocycles. The molecule has 2 aromatic rings. The van der Waals surface area contributed by atoms with Gasteiger partial charge in [0.1, 0.15) is 11.8 Å². The molecule has 30 heavy (non-hydrogen) atoms. The molecule has 0 aliphatic rings. The summed E-state index contributed by atoms with van der Waals surface area (Å²) in [7, 11) is 0. The summed E-state index contributed by atoms with van der Waals surface area (Å²) in [5.74, 6) is -1.78. The minimum atomic E-state index is -4.58. The van der Waals surface area contributed by atoms with E-state index in [4.69, 9.17) is 11.6 Å². The number of alkyl halides is 3. The van der Waals surface area contributed by atoms with Gasteiger partial charge in [-0.2, -0.15) is 13.2 Å². The van der Waals surface area contributed by atoms with Crippen LogP contribution >= 0.6 is 11.6 Å².